The molecule has 35 heavy (non-hydrogen) atoms. The van der Waals surface area contributed by atoms with Gasteiger partial charge in [-0.1, -0.05) is 18.5 Å². The lowest BCUT2D eigenvalue weighted by atomic mass is 9.99. The maximum Gasteiger partial charge on any atom is 0.411 e. The SMILES string of the molecule is CCC(=O)NCCN1C(=O)C(C)(C)Oc2cc(C)c(C(=O)N[C@@H]3CCCN(C(=O)OCCl)C3)cc21. The van der Waals surface area contributed by atoms with E-state index in [0.29, 0.717) is 42.1 Å². The summed E-state index contributed by atoms with van der Waals surface area (Å²) in [6, 6.07) is 2.93. The number of carbonyl (C=O) groups is 4. The lowest BCUT2D eigenvalue weighted by Gasteiger charge is -2.39. The molecule has 1 atom stereocenters. The van der Waals surface area contributed by atoms with Gasteiger partial charge in [0, 0.05) is 44.2 Å². The highest BCUT2D eigenvalue weighted by molar-refractivity contribution is 6.17. The van der Waals surface area contributed by atoms with Crippen LogP contribution < -0.4 is 20.3 Å². The minimum atomic E-state index is -1.08. The standard InChI is InChI=1S/C24H33ClN4O6/c1-5-20(30)26-8-10-29-18-12-17(15(2)11-19(18)35-24(3,4)22(29)32)21(31)27-16-7-6-9-28(13-16)23(33)34-14-25/h11-12,16H,5-10,13-14H2,1-4H3,(H,26,30)(H,27,31)/t16-/m1/s1. The number of ether oxygens (including phenoxy) is 2. The van der Waals surface area contributed by atoms with Crippen molar-refractivity contribution in [2.45, 2.75) is 58.6 Å². The topological polar surface area (TPSA) is 117 Å². The summed E-state index contributed by atoms with van der Waals surface area (Å²) in [4.78, 5) is 53.1. The Bertz CT molecular complexity index is 998. The first-order valence-corrected chi connectivity index (χ1v) is 12.3. The molecule has 0 spiro atoms. The fraction of sp³-hybridized carbons (Fsp3) is 0.583. The normalized spacial score (nSPS) is 18.9. The second kappa shape index (κ2) is 11.2. The molecule has 1 aromatic carbocycles. The van der Waals surface area contributed by atoms with Gasteiger partial charge in [0.25, 0.3) is 11.8 Å². The maximum absolute atomic E-state index is 13.2. The van der Waals surface area contributed by atoms with Crippen LogP contribution in [0.3, 0.4) is 0 Å². The number of rotatable bonds is 7. The molecule has 0 bridgehead atoms. The summed E-state index contributed by atoms with van der Waals surface area (Å²) >= 11 is 5.49. The number of anilines is 1. The first kappa shape index (κ1) is 26.6. The van der Waals surface area contributed by atoms with Gasteiger partial charge >= 0.3 is 6.09 Å². The minimum Gasteiger partial charge on any atom is -0.476 e. The van der Waals surface area contributed by atoms with Gasteiger partial charge in [-0.05, 0) is 51.3 Å². The van der Waals surface area contributed by atoms with E-state index in [0.717, 1.165) is 12.8 Å². The number of amides is 4. The molecule has 0 saturated carbocycles. The molecule has 1 fully saturated rings. The van der Waals surface area contributed by atoms with Gasteiger partial charge in [0.1, 0.15) is 5.75 Å². The summed E-state index contributed by atoms with van der Waals surface area (Å²) < 4.78 is 10.8. The van der Waals surface area contributed by atoms with Crippen molar-refractivity contribution < 1.29 is 28.7 Å². The number of alkyl halides is 1. The van der Waals surface area contributed by atoms with Crippen molar-refractivity contribution in [1.82, 2.24) is 15.5 Å². The Morgan fingerprint density at radius 3 is 2.71 bits per heavy atom. The van der Waals surface area contributed by atoms with Crippen molar-refractivity contribution in [3.8, 4) is 5.75 Å². The molecule has 10 nitrogen and oxygen atoms in total. The van der Waals surface area contributed by atoms with Gasteiger partial charge in [-0.25, -0.2) is 4.79 Å². The van der Waals surface area contributed by atoms with Crippen molar-refractivity contribution in [1.29, 1.82) is 0 Å². The largest absolute Gasteiger partial charge is 0.476 e. The van der Waals surface area contributed by atoms with E-state index in [-0.39, 0.29) is 42.9 Å². The van der Waals surface area contributed by atoms with Crippen molar-refractivity contribution in [3.05, 3.63) is 23.3 Å². The Hall–Kier alpha value is -3.01. The highest BCUT2D eigenvalue weighted by Crippen LogP contribution is 2.39. The number of hydrogen-bond donors (Lipinski definition) is 2. The lowest BCUT2D eigenvalue weighted by molar-refractivity contribution is -0.132. The Morgan fingerprint density at radius 1 is 1.29 bits per heavy atom. The number of fused-ring (bicyclic) bond motifs is 1. The number of nitrogens with zero attached hydrogens (tertiary/aromatic N) is 2. The molecule has 0 aromatic heterocycles. The first-order chi connectivity index (χ1) is 16.6. The van der Waals surface area contributed by atoms with E-state index in [2.05, 4.69) is 10.6 Å². The average molecular weight is 509 g/mol. The average Bonchev–Trinajstić information content (AvgIpc) is 2.81. The summed E-state index contributed by atoms with van der Waals surface area (Å²) in [5, 5.41) is 5.78. The summed E-state index contributed by atoms with van der Waals surface area (Å²) in [5.74, 6) is -0.171. The third kappa shape index (κ3) is 6.17. The number of likely N-dealkylation sites (tertiary alicyclic amines) is 1. The van der Waals surface area contributed by atoms with E-state index in [1.807, 2.05) is 0 Å². The van der Waals surface area contributed by atoms with Crippen LogP contribution in [0.5, 0.6) is 5.75 Å². The van der Waals surface area contributed by atoms with E-state index < -0.39 is 11.7 Å². The molecular formula is C24H33ClN4O6. The zero-order valence-corrected chi connectivity index (χ0v) is 21.4. The number of hydrogen-bond acceptors (Lipinski definition) is 6. The molecule has 0 radical (unpaired) electrons. The number of nitrogens with one attached hydrogen (secondary N) is 2. The zero-order valence-electron chi connectivity index (χ0n) is 20.6. The van der Waals surface area contributed by atoms with Crippen LogP contribution in [-0.2, 0) is 14.3 Å². The second-order valence-corrected chi connectivity index (χ2v) is 9.40. The smallest absolute Gasteiger partial charge is 0.411 e. The molecular weight excluding hydrogens is 476 g/mol. The van der Waals surface area contributed by atoms with Crippen LogP contribution in [-0.4, -0.2) is 72.6 Å². The van der Waals surface area contributed by atoms with E-state index in [1.54, 1.807) is 44.7 Å². The summed E-state index contributed by atoms with van der Waals surface area (Å²) in [5.41, 5.74) is 0.496. The van der Waals surface area contributed by atoms with E-state index in [4.69, 9.17) is 21.1 Å². The molecule has 0 unspecified atom stereocenters. The van der Waals surface area contributed by atoms with Gasteiger partial charge in [-0.2, -0.15) is 0 Å². The molecule has 3 rings (SSSR count). The van der Waals surface area contributed by atoms with Crippen LogP contribution in [0.2, 0.25) is 0 Å². The Balaban J connectivity index is 1.80. The minimum absolute atomic E-state index is 0.106. The molecule has 2 aliphatic heterocycles. The van der Waals surface area contributed by atoms with Crippen molar-refractivity contribution in [3.63, 3.8) is 0 Å². The predicted octanol–water partition coefficient (Wildman–Crippen LogP) is 2.55. The monoisotopic (exact) mass is 508 g/mol. The van der Waals surface area contributed by atoms with Gasteiger partial charge in [0.05, 0.1) is 5.69 Å². The van der Waals surface area contributed by atoms with Gasteiger partial charge in [-0.3, -0.25) is 14.4 Å². The highest BCUT2D eigenvalue weighted by Gasteiger charge is 2.41. The Morgan fingerprint density at radius 2 is 2.03 bits per heavy atom. The van der Waals surface area contributed by atoms with Gasteiger partial charge in [-0.15, -0.1) is 0 Å². The fourth-order valence-corrected chi connectivity index (χ4v) is 4.37. The van der Waals surface area contributed by atoms with Crippen LogP contribution in [0.1, 0.15) is 56.0 Å². The number of benzene rings is 1. The van der Waals surface area contributed by atoms with Crippen LogP contribution in [0, 0.1) is 6.92 Å². The van der Waals surface area contributed by atoms with Crippen molar-refractivity contribution >= 4 is 41.1 Å². The predicted molar refractivity (Wildman–Crippen MR) is 131 cm³/mol. The molecule has 0 aliphatic carbocycles. The number of aryl methyl sites for hydroxylation is 1. The van der Waals surface area contributed by atoms with E-state index in [1.165, 1.54) is 4.90 Å². The quantitative estimate of drug-likeness (QED) is 0.547. The van der Waals surface area contributed by atoms with Gasteiger partial charge in [0.15, 0.2) is 11.7 Å². The molecule has 192 valence electrons. The lowest BCUT2D eigenvalue weighted by Crippen LogP contribution is -2.54. The summed E-state index contributed by atoms with van der Waals surface area (Å²) in [6.45, 7) is 8.33. The number of carbonyl (C=O) groups excluding carboxylic acids is 4. The van der Waals surface area contributed by atoms with Crippen LogP contribution in [0.15, 0.2) is 12.1 Å². The van der Waals surface area contributed by atoms with E-state index >= 15 is 0 Å². The van der Waals surface area contributed by atoms with Gasteiger partial charge < -0.3 is 29.9 Å². The maximum atomic E-state index is 13.2. The Labute approximate surface area is 210 Å². The molecule has 2 heterocycles. The molecule has 1 saturated heterocycles. The molecule has 2 aliphatic rings. The first-order valence-electron chi connectivity index (χ1n) is 11.8. The third-order valence-electron chi connectivity index (χ3n) is 6.14. The highest BCUT2D eigenvalue weighted by atomic mass is 35.5. The number of halogens is 1. The fourth-order valence-electron chi connectivity index (χ4n) is 4.28. The molecule has 2 N–H and O–H groups in total. The van der Waals surface area contributed by atoms with Crippen LogP contribution >= 0.6 is 11.6 Å². The van der Waals surface area contributed by atoms with Crippen LogP contribution in [0.25, 0.3) is 0 Å². The second-order valence-electron chi connectivity index (χ2n) is 9.19. The van der Waals surface area contributed by atoms with Crippen LogP contribution in [0.4, 0.5) is 10.5 Å². The molecule has 11 heteroatoms. The summed E-state index contributed by atoms with van der Waals surface area (Å²) in [7, 11) is 0. The Kier molecular flexibility index (Phi) is 8.47. The van der Waals surface area contributed by atoms with Crippen molar-refractivity contribution in [2.24, 2.45) is 0 Å². The van der Waals surface area contributed by atoms with Gasteiger partial charge in [0.2, 0.25) is 5.91 Å². The summed E-state index contributed by atoms with van der Waals surface area (Å²) in [6.07, 6.45) is 1.29. The van der Waals surface area contributed by atoms with E-state index in [9.17, 15) is 19.2 Å². The molecule has 1 aromatic rings. The zero-order chi connectivity index (χ0) is 25.8. The molecule has 4 amide bonds. The number of piperidine rings is 1. The third-order valence-corrected chi connectivity index (χ3v) is 6.25. The van der Waals surface area contributed by atoms with Crippen molar-refractivity contribution in [2.75, 3.05) is 37.1 Å².